The third-order valence-electron chi connectivity index (χ3n) is 6.23. The zero-order valence-corrected chi connectivity index (χ0v) is 21.8. The summed E-state index contributed by atoms with van der Waals surface area (Å²) >= 11 is 0. The van der Waals surface area contributed by atoms with E-state index in [0.29, 0.717) is 11.6 Å². The summed E-state index contributed by atoms with van der Waals surface area (Å²) in [5.41, 5.74) is 0.419. The van der Waals surface area contributed by atoms with Gasteiger partial charge >= 0.3 is 11.8 Å². The molecular formula is C25H27FN10O4. The molecule has 3 aromatic rings. The summed E-state index contributed by atoms with van der Waals surface area (Å²) in [7, 11) is 2.79. The molecule has 15 heteroatoms. The molecule has 1 saturated heterocycles. The molecule has 0 bridgehead atoms. The summed E-state index contributed by atoms with van der Waals surface area (Å²) < 4.78 is 14.8. The van der Waals surface area contributed by atoms with E-state index < -0.39 is 29.3 Å². The van der Waals surface area contributed by atoms with Crippen LogP contribution in [0.15, 0.2) is 52.9 Å². The predicted octanol–water partition coefficient (Wildman–Crippen LogP) is 0.408. The van der Waals surface area contributed by atoms with Crippen molar-refractivity contribution in [1.29, 1.82) is 0 Å². The number of hydrazone groups is 2. The van der Waals surface area contributed by atoms with E-state index in [9.17, 15) is 23.6 Å². The number of H-pyrrole nitrogens is 1. The Morgan fingerprint density at radius 1 is 1.10 bits per heavy atom. The number of nitrogens with zero attached hydrogens (tertiary/aromatic N) is 7. The van der Waals surface area contributed by atoms with Crippen LogP contribution < -0.4 is 16.2 Å². The standard InChI is InChI=1S/C25H27FN10O4/c1-28-36(15-7-5-4-6-8-15)25(32-27)35-11-9-34(10-12-35)23(39)20(37)16-13-29-19-18(16)17(26)14-30-21(19)31-22(38)24(40)33(2)3/h4-8,13-14,29H,1,9-12,27H2,2-3H3,(H,30,31,38)/b32-25-. The van der Waals surface area contributed by atoms with Crippen LogP contribution in [0.5, 0.6) is 0 Å². The molecule has 2 aromatic heterocycles. The first kappa shape index (κ1) is 27.7. The third kappa shape index (κ3) is 5.29. The van der Waals surface area contributed by atoms with Crippen molar-refractivity contribution in [3.05, 3.63) is 54.1 Å². The van der Waals surface area contributed by atoms with E-state index in [0.717, 1.165) is 11.1 Å². The molecule has 3 amide bonds. The van der Waals surface area contributed by atoms with Crippen LogP contribution in [0, 0.1) is 5.82 Å². The summed E-state index contributed by atoms with van der Waals surface area (Å²) in [6, 6.07) is 9.13. The zero-order chi connectivity index (χ0) is 29.0. The number of halogens is 1. The Hall–Kier alpha value is -5.34. The van der Waals surface area contributed by atoms with Gasteiger partial charge < -0.3 is 30.8 Å². The number of guanidine groups is 1. The number of carbonyl (C=O) groups excluding carboxylic acids is 4. The third-order valence-corrected chi connectivity index (χ3v) is 6.23. The Morgan fingerprint density at radius 2 is 1.75 bits per heavy atom. The van der Waals surface area contributed by atoms with Crippen molar-refractivity contribution in [1.82, 2.24) is 24.7 Å². The summed E-state index contributed by atoms with van der Waals surface area (Å²) in [5, 5.41) is 11.4. The van der Waals surface area contributed by atoms with E-state index >= 15 is 0 Å². The van der Waals surface area contributed by atoms with Crippen LogP contribution in [0.2, 0.25) is 0 Å². The Kier molecular flexibility index (Phi) is 8.02. The van der Waals surface area contributed by atoms with Crippen molar-refractivity contribution in [2.75, 3.05) is 50.6 Å². The van der Waals surface area contributed by atoms with E-state index in [4.69, 9.17) is 5.84 Å². The monoisotopic (exact) mass is 550 g/mol. The van der Waals surface area contributed by atoms with Gasteiger partial charge in [0.15, 0.2) is 11.6 Å². The van der Waals surface area contributed by atoms with Crippen LogP contribution in [-0.2, 0) is 14.4 Å². The Morgan fingerprint density at radius 3 is 2.35 bits per heavy atom. The number of piperazine rings is 1. The van der Waals surface area contributed by atoms with Crippen molar-refractivity contribution < 1.29 is 23.6 Å². The number of carbonyl (C=O) groups is 4. The fourth-order valence-electron chi connectivity index (χ4n) is 4.21. The lowest BCUT2D eigenvalue weighted by atomic mass is 10.1. The molecular weight excluding hydrogens is 523 g/mol. The number of nitrogens with two attached hydrogens (primary N) is 1. The van der Waals surface area contributed by atoms with Crippen LogP contribution in [0.25, 0.3) is 10.9 Å². The van der Waals surface area contributed by atoms with Crippen LogP contribution in [0.4, 0.5) is 15.9 Å². The number of amides is 3. The smallest absolute Gasteiger partial charge is 0.315 e. The second kappa shape index (κ2) is 11.6. The van der Waals surface area contributed by atoms with E-state index in [1.807, 2.05) is 30.3 Å². The van der Waals surface area contributed by atoms with Gasteiger partial charge in [0, 0.05) is 53.2 Å². The first-order valence-corrected chi connectivity index (χ1v) is 12.0. The van der Waals surface area contributed by atoms with Crippen molar-refractivity contribution in [2.45, 2.75) is 0 Å². The van der Waals surface area contributed by atoms with E-state index in [2.05, 4.69) is 32.2 Å². The molecule has 0 saturated carbocycles. The molecule has 0 unspecified atom stereocenters. The van der Waals surface area contributed by atoms with Crippen molar-refractivity contribution >= 4 is 58.6 Å². The van der Waals surface area contributed by atoms with E-state index in [1.54, 1.807) is 4.90 Å². The number of anilines is 2. The topological polar surface area (TPSA) is 173 Å². The summed E-state index contributed by atoms with van der Waals surface area (Å²) in [6.07, 6.45) is 1.97. The van der Waals surface area contributed by atoms with Crippen LogP contribution in [0.3, 0.4) is 0 Å². The second-order valence-electron chi connectivity index (χ2n) is 8.89. The number of ketones is 1. The molecule has 4 N–H and O–H groups in total. The number of hydrogen-bond acceptors (Lipinski definition) is 8. The minimum absolute atomic E-state index is 0.0393. The SMILES string of the molecule is C=NN(/C(=N\N)N1CCN(C(=O)C(=O)c2c[nH]c3c(NC(=O)C(=O)N(C)C)ncc(F)c23)CC1)c1ccccc1. The van der Waals surface area contributed by atoms with Crippen LogP contribution in [-0.4, -0.2) is 101 Å². The van der Waals surface area contributed by atoms with E-state index in [-0.39, 0.29) is 48.5 Å². The van der Waals surface area contributed by atoms with Gasteiger partial charge in [0.25, 0.3) is 11.7 Å². The number of hydrogen-bond donors (Lipinski definition) is 3. The molecule has 3 heterocycles. The predicted molar refractivity (Wildman–Crippen MR) is 146 cm³/mol. The second-order valence-corrected chi connectivity index (χ2v) is 8.89. The average Bonchev–Trinajstić information content (AvgIpc) is 3.43. The molecule has 1 fully saturated rings. The van der Waals surface area contributed by atoms with Crippen LogP contribution in [0.1, 0.15) is 10.4 Å². The Bertz CT molecular complexity index is 1500. The Labute approximate surface area is 227 Å². The largest absolute Gasteiger partial charge is 0.357 e. The minimum Gasteiger partial charge on any atom is -0.357 e. The fraction of sp³-hybridized carbons (Fsp3) is 0.240. The lowest BCUT2D eigenvalue weighted by molar-refractivity contribution is -0.141. The van der Waals surface area contributed by atoms with Gasteiger partial charge in [-0.15, -0.1) is 5.10 Å². The number of fused-ring (bicyclic) bond motifs is 1. The van der Waals surface area contributed by atoms with Crippen molar-refractivity contribution in [3.63, 3.8) is 0 Å². The molecule has 0 aliphatic carbocycles. The molecule has 208 valence electrons. The van der Waals surface area contributed by atoms with Gasteiger partial charge in [0.05, 0.1) is 28.4 Å². The van der Waals surface area contributed by atoms with Gasteiger partial charge in [0.2, 0.25) is 5.96 Å². The lowest BCUT2D eigenvalue weighted by Crippen LogP contribution is -2.55. The number of para-hydroxylation sites is 1. The van der Waals surface area contributed by atoms with Gasteiger partial charge in [-0.25, -0.2) is 9.37 Å². The molecule has 1 aliphatic heterocycles. The highest BCUT2D eigenvalue weighted by Crippen LogP contribution is 2.27. The molecule has 0 atom stereocenters. The molecule has 0 radical (unpaired) electrons. The maximum Gasteiger partial charge on any atom is 0.315 e. The lowest BCUT2D eigenvalue weighted by Gasteiger charge is -2.37. The van der Waals surface area contributed by atoms with Crippen molar-refractivity contribution in [3.8, 4) is 0 Å². The minimum atomic E-state index is -1.00. The maximum absolute atomic E-state index is 14.8. The normalized spacial score (nSPS) is 13.6. The van der Waals surface area contributed by atoms with Gasteiger partial charge in [-0.2, -0.15) is 10.1 Å². The first-order chi connectivity index (χ1) is 19.2. The number of Topliss-reactive ketones (excluding diaryl/α,β-unsaturated/α-hetero) is 1. The molecule has 1 aliphatic rings. The number of pyridine rings is 1. The van der Waals surface area contributed by atoms with Crippen LogP contribution >= 0.6 is 0 Å². The quantitative estimate of drug-likeness (QED) is 0.102. The zero-order valence-electron chi connectivity index (χ0n) is 21.8. The molecule has 4 rings (SSSR count). The van der Waals surface area contributed by atoms with Gasteiger partial charge in [0.1, 0.15) is 0 Å². The summed E-state index contributed by atoms with van der Waals surface area (Å²) in [5.74, 6) is 1.29. The number of aromatic nitrogens is 2. The molecule has 40 heavy (non-hydrogen) atoms. The maximum atomic E-state index is 14.8. The van der Waals surface area contributed by atoms with E-state index in [1.165, 1.54) is 30.2 Å². The van der Waals surface area contributed by atoms with Crippen molar-refractivity contribution in [2.24, 2.45) is 16.0 Å². The molecule has 0 spiro atoms. The summed E-state index contributed by atoms with van der Waals surface area (Å²) in [6.45, 7) is 4.48. The number of likely N-dealkylation sites (N-methyl/N-ethyl adjacent to an activating group) is 1. The number of aromatic amines is 1. The van der Waals surface area contributed by atoms with Gasteiger partial charge in [-0.3, -0.25) is 19.2 Å². The highest BCUT2D eigenvalue weighted by molar-refractivity contribution is 6.45. The van der Waals surface area contributed by atoms with Gasteiger partial charge in [-0.1, -0.05) is 18.2 Å². The Balaban J connectivity index is 1.49. The number of rotatable bonds is 5. The average molecular weight is 551 g/mol. The fourth-order valence-corrected chi connectivity index (χ4v) is 4.21. The number of nitrogens with one attached hydrogen (secondary N) is 2. The summed E-state index contributed by atoms with van der Waals surface area (Å²) in [4.78, 5) is 61.1. The molecule has 1 aromatic carbocycles. The molecule has 14 nitrogen and oxygen atoms in total. The number of benzene rings is 1. The first-order valence-electron chi connectivity index (χ1n) is 12.0. The highest BCUT2D eigenvalue weighted by Gasteiger charge is 2.32. The highest BCUT2D eigenvalue weighted by atomic mass is 19.1. The van der Waals surface area contributed by atoms with Gasteiger partial charge in [-0.05, 0) is 12.1 Å².